The van der Waals surface area contributed by atoms with Crippen LogP contribution in [0.2, 0.25) is 0 Å². The predicted octanol–water partition coefficient (Wildman–Crippen LogP) is 1.54. The molecule has 0 aliphatic carbocycles. The third kappa shape index (κ3) is 2.30. The number of hydrogen-bond acceptors (Lipinski definition) is 5. The number of likely N-dealkylation sites (tertiary alicyclic amines) is 1. The van der Waals surface area contributed by atoms with Crippen molar-refractivity contribution in [3.63, 3.8) is 0 Å². The summed E-state index contributed by atoms with van der Waals surface area (Å²) in [6.07, 6.45) is 1.64. The molecular formula is C15H17NO4. The SMILES string of the molecule is COC(=O)C1CC(O)CN1Cc1coc2ccccc12. The van der Waals surface area contributed by atoms with Crippen LogP contribution in [0.3, 0.4) is 0 Å². The summed E-state index contributed by atoms with van der Waals surface area (Å²) in [5, 5.41) is 10.8. The van der Waals surface area contributed by atoms with E-state index >= 15 is 0 Å². The minimum Gasteiger partial charge on any atom is -0.468 e. The van der Waals surface area contributed by atoms with Gasteiger partial charge < -0.3 is 14.3 Å². The number of carbonyl (C=O) groups excluding carboxylic acids is 1. The van der Waals surface area contributed by atoms with Gasteiger partial charge in [0, 0.05) is 30.5 Å². The lowest BCUT2D eigenvalue weighted by Crippen LogP contribution is -2.36. The number of para-hydroxylation sites is 1. The first-order chi connectivity index (χ1) is 9.69. The van der Waals surface area contributed by atoms with Gasteiger partial charge in [0.15, 0.2) is 0 Å². The van der Waals surface area contributed by atoms with Gasteiger partial charge in [-0.15, -0.1) is 0 Å². The fourth-order valence-corrected chi connectivity index (χ4v) is 2.81. The van der Waals surface area contributed by atoms with E-state index in [1.54, 1.807) is 6.26 Å². The molecule has 1 aromatic heterocycles. The number of hydrogen-bond donors (Lipinski definition) is 1. The van der Waals surface area contributed by atoms with Crippen molar-refractivity contribution in [1.82, 2.24) is 4.90 Å². The highest BCUT2D eigenvalue weighted by molar-refractivity contribution is 5.81. The number of aliphatic hydroxyl groups is 1. The second kappa shape index (κ2) is 5.26. The molecule has 1 fully saturated rings. The number of methoxy groups -OCH3 is 1. The Morgan fingerprint density at radius 3 is 3.10 bits per heavy atom. The summed E-state index contributed by atoms with van der Waals surface area (Å²) >= 11 is 0. The van der Waals surface area contributed by atoms with Crippen molar-refractivity contribution in [2.75, 3.05) is 13.7 Å². The van der Waals surface area contributed by atoms with Gasteiger partial charge in [-0.25, -0.2) is 0 Å². The summed E-state index contributed by atoms with van der Waals surface area (Å²) in [6.45, 7) is 1.03. The molecule has 5 nitrogen and oxygen atoms in total. The van der Waals surface area contributed by atoms with Crippen LogP contribution in [0, 0.1) is 0 Å². The minimum absolute atomic E-state index is 0.297. The van der Waals surface area contributed by atoms with E-state index in [-0.39, 0.29) is 12.0 Å². The molecule has 0 radical (unpaired) electrons. The van der Waals surface area contributed by atoms with Crippen molar-refractivity contribution < 1.29 is 19.1 Å². The van der Waals surface area contributed by atoms with Gasteiger partial charge in [-0.2, -0.15) is 0 Å². The smallest absolute Gasteiger partial charge is 0.323 e. The zero-order valence-corrected chi connectivity index (χ0v) is 11.3. The van der Waals surface area contributed by atoms with Gasteiger partial charge in [-0.05, 0) is 6.07 Å². The van der Waals surface area contributed by atoms with Crippen LogP contribution in [0.15, 0.2) is 34.9 Å². The molecule has 20 heavy (non-hydrogen) atoms. The standard InChI is InChI=1S/C15H17NO4/c1-19-15(18)13-6-11(17)8-16(13)7-10-9-20-14-5-3-2-4-12(10)14/h2-5,9,11,13,17H,6-8H2,1H3. The molecule has 1 saturated heterocycles. The number of carbonyl (C=O) groups is 1. The zero-order valence-electron chi connectivity index (χ0n) is 11.3. The van der Waals surface area contributed by atoms with Crippen LogP contribution in [0.1, 0.15) is 12.0 Å². The zero-order chi connectivity index (χ0) is 14.1. The lowest BCUT2D eigenvalue weighted by Gasteiger charge is -2.21. The molecule has 2 atom stereocenters. The molecule has 2 aromatic rings. The van der Waals surface area contributed by atoms with E-state index in [4.69, 9.17) is 9.15 Å². The van der Waals surface area contributed by atoms with Crippen molar-refractivity contribution in [3.05, 3.63) is 36.1 Å². The number of esters is 1. The Morgan fingerprint density at radius 2 is 2.30 bits per heavy atom. The molecule has 0 saturated carbocycles. The van der Waals surface area contributed by atoms with Crippen molar-refractivity contribution in [2.24, 2.45) is 0 Å². The molecule has 1 aromatic carbocycles. The number of ether oxygens (including phenoxy) is 1. The van der Waals surface area contributed by atoms with Crippen molar-refractivity contribution in [1.29, 1.82) is 0 Å². The number of β-amino-alcohol motifs (C(OH)–C–C–N with tert-alkyl or cyclic N) is 1. The Balaban J connectivity index is 1.84. The normalized spacial score (nSPS) is 23.3. The molecule has 1 aliphatic heterocycles. The summed E-state index contributed by atoms with van der Waals surface area (Å²) in [5.41, 5.74) is 1.85. The Labute approximate surface area is 116 Å². The molecule has 106 valence electrons. The second-order valence-electron chi connectivity index (χ2n) is 5.12. The highest BCUT2D eigenvalue weighted by Crippen LogP contribution is 2.26. The molecule has 0 bridgehead atoms. The summed E-state index contributed by atoms with van der Waals surface area (Å²) in [6, 6.07) is 7.40. The Kier molecular flexibility index (Phi) is 3.46. The maximum Gasteiger partial charge on any atom is 0.323 e. The number of fused-ring (bicyclic) bond motifs is 1. The predicted molar refractivity (Wildman–Crippen MR) is 73.1 cm³/mol. The van der Waals surface area contributed by atoms with Crippen LogP contribution >= 0.6 is 0 Å². The Hall–Kier alpha value is -1.85. The summed E-state index contributed by atoms with van der Waals surface area (Å²) in [5.74, 6) is -0.297. The van der Waals surface area contributed by atoms with Crippen LogP contribution in [0.4, 0.5) is 0 Å². The van der Waals surface area contributed by atoms with Crippen LogP contribution in [0.5, 0.6) is 0 Å². The summed E-state index contributed by atoms with van der Waals surface area (Å²) in [7, 11) is 1.37. The minimum atomic E-state index is -0.489. The van der Waals surface area contributed by atoms with E-state index < -0.39 is 6.10 Å². The lowest BCUT2D eigenvalue weighted by molar-refractivity contribution is -0.146. The molecule has 5 heteroatoms. The van der Waals surface area contributed by atoms with Gasteiger partial charge in [-0.1, -0.05) is 18.2 Å². The number of rotatable bonds is 3. The van der Waals surface area contributed by atoms with Crippen LogP contribution in [-0.4, -0.2) is 41.8 Å². The first-order valence-electron chi connectivity index (χ1n) is 6.64. The molecule has 2 heterocycles. The molecular weight excluding hydrogens is 258 g/mol. The highest BCUT2D eigenvalue weighted by Gasteiger charge is 2.36. The van der Waals surface area contributed by atoms with Crippen LogP contribution in [0.25, 0.3) is 11.0 Å². The van der Waals surface area contributed by atoms with Gasteiger partial charge in [0.25, 0.3) is 0 Å². The highest BCUT2D eigenvalue weighted by atomic mass is 16.5. The number of furan rings is 1. The van der Waals surface area contributed by atoms with Crippen LogP contribution < -0.4 is 0 Å². The number of nitrogens with zero attached hydrogens (tertiary/aromatic N) is 1. The van der Waals surface area contributed by atoms with E-state index in [0.29, 0.717) is 19.5 Å². The molecule has 3 rings (SSSR count). The van der Waals surface area contributed by atoms with Gasteiger partial charge in [0.2, 0.25) is 0 Å². The maximum absolute atomic E-state index is 11.8. The average Bonchev–Trinajstić information content (AvgIpc) is 3.03. The maximum atomic E-state index is 11.8. The summed E-state index contributed by atoms with van der Waals surface area (Å²) in [4.78, 5) is 13.7. The number of benzene rings is 1. The van der Waals surface area contributed by atoms with Gasteiger partial charge in [-0.3, -0.25) is 9.69 Å². The molecule has 0 amide bonds. The topological polar surface area (TPSA) is 62.9 Å². The van der Waals surface area contributed by atoms with Crippen LogP contribution in [-0.2, 0) is 16.1 Å². The first kappa shape index (κ1) is 13.1. The third-order valence-corrected chi connectivity index (χ3v) is 3.79. The molecule has 1 aliphatic rings. The van der Waals surface area contributed by atoms with E-state index in [2.05, 4.69) is 0 Å². The van der Waals surface area contributed by atoms with E-state index in [9.17, 15) is 9.90 Å². The van der Waals surface area contributed by atoms with Gasteiger partial charge in [0.1, 0.15) is 11.6 Å². The molecule has 0 spiro atoms. The molecule has 1 N–H and O–H groups in total. The quantitative estimate of drug-likeness (QED) is 0.861. The van der Waals surface area contributed by atoms with Gasteiger partial charge in [0.05, 0.1) is 19.5 Å². The second-order valence-corrected chi connectivity index (χ2v) is 5.12. The monoisotopic (exact) mass is 275 g/mol. The van der Waals surface area contributed by atoms with Crippen molar-refractivity contribution >= 4 is 16.9 Å². The lowest BCUT2D eigenvalue weighted by atomic mass is 10.1. The van der Waals surface area contributed by atoms with Crippen molar-refractivity contribution in [3.8, 4) is 0 Å². The fourth-order valence-electron chi connectivity index (χ4n) is 2.81. The largest absolute Gasteiger partial charge is 0.468 e. The Bertz CT molecular complexity index is 621. The van der Waals surface area contributed by atoms with E-state index in [0.717, 1.165) is 16.5 Å². The van der Waals surface area contributed by atoms with Crippen molar-refractivity contribution in [2.45, 2.75) is 25.1 Å². The van der Waals surface area contributed by atoms with Gasteiger partial charge >= 0.3 is 5.97 Å². The average molecular weight is 275 g/mol. The Morgan fingerprint density at radius 1 is 1.50 bits per heavy atom. The van der Waals surface area contributed by atoms with E-state index in [1.165, 1.54) is 7.11 Å². The third-order valence-electron chi connectivity index (χ3n) is 3.79. The fraction of sp³-hybridized carbons (Fsp3) is 0.400. The molecule has 2 unspecified atom stereocenters. The number of aliphatic hydroxyl groups excluding tert-OH is 1. The summed E-state index contributed by atoms with van der Waals surface area (Å²) < 4.78 is 10.3. The van der Waals surface area contributed by atoms with E-state index in [1.807, 2.05) is 29.2 Å². The first-order valence-corrected chi connectivity index (χ1v) is 6.64.